The van der Waals surface area contributed by atoms with Gasteiger partial charge in [0, 0.05) is 0 Å². The molecule has 0 bridgehead atoms. The number of ether oxygens (including phenoxy) is 2. The zero-order valence-corrected chi connectivity index (χ0v) is 13.1. The van der Waals surface area contributed by atoms with Gasteiger partial charge >= 0.3 is 12.1 Å². The van der Waals surface area contributed by atoms with Gasteiger partial charge in [-0.05, 0) is 41.5 Å². The van der Waals surface area contributed by atoms with Crippen LogP contribution in [0.1, 0.15) is 41.5 Å². The maximum atomic E-state index is 11.7. The Bertz CT molecular complexity index is 408. The van der Waals surface area contributed by atoms with E-state index in [1.165, 1.54) is 0 Å². The van der Waals surface area contributed by atoms with Crippen LogP contribution in [0.5, 0.6) is 0 Å². The first-order valence-electron chi connectivity index (χ1n) is 6.68. The molecular formula is C14H24N2O4. The van der Waals surface area contributed by atoms with Gasteiger partial charge in [0.05, 0.1) is 18.8 Å². The summed E-state index contributed by atoms with van der Waals surface area (Å²) in [6.45, 7) is 11.7. The number of rotatable bonds is 2. The van der Waals surface area contributed by atoms with Crippen LogP contribution in [0, 0.1) is 0 Å². The van der Waals surface area contributed by atoms with E-state index >= 15 is 0 Å². The monoisotopic (exact) mass is 284 g/mol. The van der Waals surface area contributed by atoms with Crippen LogP contribution in [0.4, 0.5) is 4.79 Å². The first-order valence-corrected chi connectivity index (χ1v) is 6.68. The molecule has 1 aliphatic heterocycles. The minimum Gasteiger partial charge on any atom is -0.459 e. The molecule has 20 heavy (non-hydrogen) atoms. The van der Waals surface area contributed by atoms with E-state index in [4.69, 9.17) is 9.47 Å². The minimum absolute atomic E-state index is 0.00520. The number of nitrogens with zero attached hydrogens (tertiary/aromatic N) is 2. The van der Waals surface area contributed by atoms with Gasteiger partial charge in [-0.2, -0.15) is 0 Å². The van der Waals surface area contributed by atoms with E-state index in [0.717, 1.165) is 5.71 Å². The van der Waals surface area contributed by atoms with Crippen molar-refractivity contribution in [1.82, 2.24) is 4.90 Å². The average Bonchev–Trinajstić information content (AvgIpc) is 2.08. The summed E-state index contributed by atoms with van der Waals surface area (Å²) in [4.78, 5) is 28.8. The molecule has 0 aliphatic carbocycles. The summed E-state index contributed by atoms with van der Waals surface area (Å²) < 4.78 is 10.4. The number of hydrogen-bond donors (Lipinski definition) is 0. The molecule has 1 saturated heterocycles. The number of carbonyl (C=O) groups excluding carboxylic acids is 2. The molecule has 0 radical (unpaired) electrons. The topological polar surface area (TPSA) is 68.2 Å². The van der Waals surface area contributed by atoms with Crippen molar-refractivity contribution < 1.29 is 19.1 Å². The molecule has 0 aromatic carbocycles. The molecular weight excluding hydrogens is 260 g/mol. The molecule has 0 atom stereocenters. The quantitative estimate of drug-likeness (QED) is 0.727. The standard InChI is InChI=1S/C14H24N2O4/c1-13(2,3)19-11(17)7-15-10-8-16(9-10)12(18)20-14(4,5)6/h7-9H2,1-6H3. The third-order valence-electron chi connectivity index (χ3n) is 2.25. The van der Waals surface area contributed by atoms with Gasteiger partial charge in [-0.15, -0.1) is 0 Å². The Kier molecular flexibility index (Phi) is 4.78. The number of likely N-dealkylation sites (tertiary alicyclic amines) is 1. The van der Waals surface area contributed by atoms with Crippen LogP contribution in [0.3, 0.4) is 0 Å². The van der Waals surface area contributed by atoms with Crippen LogP contribution in [-0.2, 0) is 14.3 Å². The molecule has 6 nitrogen and oxygen atoms in total. The Balaban J connectivity index is 2.32. The van der Waals surface area contributed by atoms with Crippen LogP contribution >= 0.6 is 0 Å². The van der Waals surface area contributed by atoms with E-state index in [2.05, 4.69) is 4.99 Å². The number of aliphatic imine (C=N–C) groups is 1. The number of amides is 1. The zero-order chi connectivity index (χ0) is 15.6. The first-order chi connectivity index (χ1) is 8.96. The summed E-state index contributed by atoms with van der Waals surface area (Å²) >= 11 is 0. The minimum atomic E-state index is -0.501. The highest BCUT2D eigenvalue weighted by atomic mass is 16.6. The van der Waals surface area contributed by atoms with E-state index in [9.17, 15) is 9.59 Å². The molecule has 114 valence electrons. The molecule has 0 saturated carbocycles. The maximum absolute atomic E-state index is 11.7. The fraction of sp³-hybridized carbons (Fsp3) is 0.786. The number of esters is 1. The lowest BCUT2D eigenvalue weighted by Crippen LogP contribution is -2.52. The molecule has 1 heterocycles. The maximum Gasteiger partial charge on any atom is 0.410 e. The van der Waals surface area contributed by atoms with Gasteiger partial charge in [-0.1, -0.05) is 0 Å². The van der Waals surface area contributed by atoms with Crippen LogP contribution in [0.15, 0.2) is 4.99 Å². The Morgan fingerprint density at radius 1 is 1.05 bits per heavy atom. The Hall–Kier alpha value is -1.59. The summed E-state index contributed by atoms with van der Waals surface area (Å²) in [5.74, 6) is -0.360. The molecule has 1 rings (SSSR count). The van der Waals surface area contributed by atoms with Crippen molar-refractivity contribution in [2.45, 2.75) is 52.7 Å². The highest BCUT2D eigenvalue weighted by Crippen LogP contribution is 2.14. The summed E-state index contributed by atoms with van der Waals surface area (Å²) in [6.07, 6.45) is -0.353. The summed E-state index contributed by atoms with van der Waals surface area (Å²) in [6, 6.07) is 0. The van der Waals surface area contributed by atoms with Crippen LogP contribution in [-0.4, -0.2) is 53.5 Å². The molecule has 0 unspecified atom stereocenters. The van der Waals surface area contributed by atoms with Crippen molar-refractivity contribution in [2.24, 2.45) is 4.99 Å². The van der Waals surface area contributed by atoms with E-state index in [1.807, 2.05) is 41.5 Å². The highest BCUT2D eigenvalue weighted by Gasteiger charge is 2.30. The lowest BCUT2D eigenvalue weighted by Gasteiger charge is -2.34. The molecule has 0 spiro atoms. The fourth-order valence-electron chi connectivity index (χ4n) is 1.50. The molecule has 0 aromatic rings. The van der Waals surface area contributed by atoms with Crippen molar-refractivity contribution >= 4 is 17.8 Å². The van der Waals surface area contributed by atoms with Crippen molar-refractivity contribution in [3.8, 4) is 0 Å². The predicted octanol–water partition coefficient (Wildman–Crippen LogP) is 2.02. The van der Waals surface area contributed by atoms with Crippen LogP contribution < -0.4 is 0 Å². The normalized spacial score (nSPS) is 15.5. The largest absolute Gasteiger partial charge is 0.459 e. The predicted molar refractivity (Wildman–Crippen MR) is 76.0 cm³/mol. The van der Waals surface area contributed by atoms with Crippen molar-refractivity contribution in [2.75, 3.05) is 19.6 Å². The third-order valence-corrected chi connectivity index (χ3v) is 2.25. The van der Waals surface area contributed by atoms with Crippen LogP contribution in [0.25, 0.3) is 0 Å². The van der Waals surface area contributed by atoms with Crippen molar-refractivity contribution in [1.29, 1.82) is 0 Å². The van der Waals surface area contributed by atoms with E-state index in [0.29, 0.717) is 13.1 Å². The molecule has 0 N–H and O–H groups in total. The molecule has 6 heteroatoms. The second-order valence-corrected chi connectivity index (χ2v) is 6.81. The highest BCUT2D eigenvalue weighted by molar-refractivity contribution is 5.99. The van der Waals surface area contributed by atoms with Gasteiger partial charge in [0.25, 0.3) is 0 Å². The lowest BCUT2D eigenvalue weighted by atomic mass is 10.2. The second kappa shape index (κ2) is 5.81. The second-order valence-electron chi connectivity index (χ2n) is 6.81. The van der Waals surface area contributed by atoms with E-state index in [1.54, 1.807) is 4.90 Å². The zero-order valence-electron chi connectivity index (χ0n) is 13.1. The van der Waals surface area contributed by atoms with Gasteiger partial charge in [-0.25, -0.2) is 4.79 Å². The lowest BCUT2D eigenvalue weighted by molar-refractivity contribution is -0.152. The smallest absolute Gasteiger partial charge is 0.410 e. The van der Waals surface area contributed by atoms with Gasteiger partial charge in [-0.3, -0.25) is 14.7 Å². The Morgan fingerprint density at radius 3 is 2.00 bits per heavy atom. The number of hydrogen-bond acceptors (Lipinski definition) is 5. The summed E-state index contributed by atoms with van der Waals surface area (Å²) in [5.41, 5.74) is -0.193. The molecule has 1 fully saturated rings. The molecule has 1 amide bonds. The molecule has 0 aromatic heterocycles. The van der Waals surface area contributed by atoms with Crippen LogP contribution in [0.2, 0.25) is 0 Å². The van der Waals surface area contributed by atoms with E-state index in [-0.39, 0.29) is 18.6 Å². The van der Waals surface area contributed by atoms with Crippen molar-refractivity contribution in [3.63, 3.8) is 0 Å². The fourth-order valence-corrected chi connectivity index (χ4v) is 1.50. The van der Waals surface area contributed by atoms with Crippen molar-refractivity contribution in [3.05, 3.63) is 0 Å². The van der Waals surface area contributed by atoms with Gasteiger partial charge < -0.3 is 9.47 Å². The van der Waals surface area contributed by atoms with E-state index < -0.39 is 11.2 Å². The van der Waals surface area contributed by atoms with Gasteiger partial charge in [0.1, 0.15) is 17.7 Å². The third kappa shape index (κ3) is 6.04. The average molecular weight is 284 g/mol. The molecule has 1 aliphatic rings. The SMILES string of the molecule is CC(C)(C)OC(=O)CN=C1CN(C(=O)OC(C)(C)C)C1. The first kappa shape index (κ1) is 16.5. The van der Waals surface area contributed by atoms with Gasteiger partial charge in [0.15, 0.2) is 0 Å². The Labute approximate surface area is 120 Å². The Morgan fingerprint density at radius 2 is 1.55 bits per heavy atom. The van der Waals surface area contributed by atoms with Gasteiger partial charge in [0.2, 0.25) is 0 Å². The summed E-state index contributed by atoms with van der Waals surface area (Å²) in [5, 5.41) is 0. The summed E-state index contributed by atoms with van der Waals surface area (Å²) in [7, 11) is 0. The number of carbonyl (C=O) groups is 2.